The fraction of sp³-hybridized carbons (Fsp3) is 0.478. The molecule has 1 aromatic carbocycles. The first-order valence-corrected chi connectivity index (χ1v) is 10.1. The lowest BCUT2D eigenvalue weighted by Gasteiger charge is -2.41. The van der Waals surface area contributed by atoms with Crippen molar-refractivity contribution in [1.82, 2.24) is 9.80 Å². The molecule has 1 aromatic rings. The van der Waals surface area contributed by atoms with Crippen molar-refractivity contribution in [3.8, 4) is 0 Å². The first-order chi connectivity index (χ1) is 14.1. The molecule has 3 rings (SSSR count). The van der Waals surface area contributed by atoms with Gasteiger partial charge in [0.1, 0.15) is 0 Å². The van der Waals surface area contributed by atoms with E-state index in [0.717, 1.165) is 5.56 Å². The predicted molar refractivity (Wildman–Crippen MR) is 113 cm³/mol. The third kappa shape index (κ3) is 4.13. The Kier molecular flexibility index (Phi) is 6.33. The van der Waals surface area contributed by atoms with E-state index in [1.54, 1.807) is 18.9 Å². The molecule has 0 amide bonds. The SMILES string of the molecule is CC1=C(C(=O)O)C(c2ccccc2)C(C(=O)OC(C)(C)N2CCOCC2)=C(C)N1C. The second kappa shape index (κ2) is 8.62. The molecule has 1 unspecified atom stereocenters. The van der Waals surface area contributed by atoms with Crippen molar-refractivity contribution in [3.05, 3.63) is 58.4 Å². The van der Waals surface area contributed by atoms with Crippen LogP contribution in [-0.4, -0.2) is 65.9 Å². The van der Waals surface area contributed by atoms with Crippen LogP contribution in [0.3, 0.4) is 0 Å². The van der Waals surface area contributed by atoms with Crippen molar-refractivity contribution in [2.24, 2.45) is 0 Å². The Morgan fingerprint density at radius 1 is 1.07 bits per heavy atom. The molecule has 1 N–H and O–H groups in total. The number of carboxylic acids is 1. The largest absolute Gasteiger partial charge is 0.478 e. The number of carbonyl (C=O) groups is 2. The third-order valence-corrected chi connectivity index (χ3v) is 6.06. The van der Waals surface area contributed by atoms with Crippen LogP contribution in [0.4, 0.5) is 0 Å². The van der Waals surface area contributed by atoms with Crippen molar-refractivity contribution in [2.75, 3.05) is 33.4 Å². The van der Waals surface area contributed by atoms with Crippen LogP contribution in [0.25, 0.3) is 0 Å². The molecule has 0 spiro atoms. The molecule has 0 aromatic heterocycles. The Morgan fingerprint density at radius 2 is 1.63 bits per heavy atom. The van der Waals surface area contributed by atoms with Gasteiger partial charge in [0.25, 0.3) is 0 Å². The molecule has 0 bridgehead atoms. The predicted octanol–water partition coefficient (Wildman–Crippen LogP) is 2.96. The number of esters is 1. The monoisotopic (exact) mass is 414 g/mol. The summed E-state index contributed by atoms with van der Waals surface area (Å²) in [6.07, 6.45) is 0. The first-order valence-electron chi connectivity index (χ1n) is 10.1. The standard InChI is InChI=1S/C23H30N2O5/c1-15-18(21(26)27)20(17-9-7-6-8-10-17)19(16(2)24(15)5)22(28)30-23(3,4)25-11-13-29-14-12-25/h6-10,20H,11-14H2,1-5H3,(H,26,27). The van der Waals surface area contributed by atoms with Crippen molar-refractivity contribution in [2.45, 2.75) is 39.3 Å². The van der Waals surface area contributed by atoms with Crippen molar-refractivity contribution in [1.29, 1.82) is 0 Å². The number of carboxylic acid groups (broad SMARTS) is 1. The molecule has 30 heavy (non-hydrogen) atoms. The second-order valence-corrected chi connectivity index (χ2v) is 8.14. The summed E-state index contributed by atoms with van der Waals surface area (Å²) in [7, 11) is 1.77. The third-order valence-electron chi connectivity index (χ3n) is 6.06. The van der Waals surface area contributed by atoms with Gasteiger partial charge in [-0.05, 0) is 33.3 Å². The van der Waals surface area contributed by atoms with E-state index in [1.165, 1.54) is 0 Å². The summed E-state index contributed by atoms with van der Waals surface area (Å²) in [5.74, 6) is -2.25. The number of rotatable bonds is 5. The Hall–Kier alpha value is -2.64. The lowest BCUT2D eigenvalue weighted by Crippen LogP contribution is -2.52. The van der Waals surface area contributed by atoms with E-state index in [4.69, 9.17) is 9.47 Å². The second-order valence-electron chi connectivity index (χ2n) is 8.14. The van der Waals surface area contributed by atoms with E-state index in [1.807, 2.05) is 51.1 Å². The van der Waals surface area contributed by atoms with Gasteiger partial charge < -0.3 is 19.5 Å². The van der Waals surface area contributed by atoms with Crippen LogP contribution in [0, 0.1) is 0 Å². The fourth-order valence-electron chi connectivity index (χ4n) is 4.15. The molecule has 2 heterocycles. The summed E-state index contributed by atoms with van der Waals surface area (Å²) >= 11 is 0. The van der Waals surface area contributed by atoms with Crippen LogP contribution in [0.5, 0.6) is 0 Å². The number of aliphatic carboxylic acids is 1. The molecule has 1 fully saturated rings. The highest BCUT2D eigenvalue weighted by Gasteiger charge is 2.41. The first kappa shape index (κ1) is 22.1. The highest BCUT2D eigenvalue weighted by molar-refractivity contribution is 5.99. The Morgan fingerprint density at radius 3 is 2.20 bits per heavy atom. The van der Waals surface area contributed by atoms with Gasteiger partial charge in [-0.3, -0.25) is 4.90 Å². The van der Waals surface area contributed by atoms with Gasteiger partial charge in [-0.25, -0.2) is 9.59 Å². The van der Waals surface area contributed by atoms with Crippen LogP contribution in [-0.2, 0) is 19.1 Å². The van der Waals surface area contributed by atoms with Gasteiger partial charge >= 0.3 is 11.9 Å². The van der Waals surface area contributed by atoms with Crippen LogP contribution < -0.4 is 0 Å². The molecule has 2 aliphatic heterocycles. The number of morpholine rings is 1. The highest BCUT2D eigenvalue weighted by Crippen LogP contribution is 2.42. The number of nitrogens with zero attached hydrogens (tertiary/aromatic N) is 2. The van der Waals surface area contributed by atoms with Gasteiger partial charge in [0.05, 0.1) is 30.3 Å². The van der Waals surface area contributed by atoms with Crippen LogP contribution in [0.15, 0.2) is 52.9 Å². The number of benzene rings is 1. The zero-order valence-corrected chi connectivity index (χ0v) is 18.3. The average molecular weight is 415 g/mol. The van der Waals surface area contributed by atoms with E-state index in [0.29, 0.717) is 43.3 Å². The summed E-state index contributed by atoms with van der Waals surface area (Å²) in [4.78, 5) is 29.5. The number of hydrogen-bond acceptors (Lipinski definition) is 6. The minimum Gasteiger partial charge on any atom is -0.478 e. The topological polar surface area (TPSA) is 79.3 Å². The lowest BCUT2D eigenvalue weighted by molar-refractivity contribution is -0.180. The maximum absolute atomic E-state index is 13.5. The highest BCUT2D eigenvalue weighted by atomic mass is 16.6. The molecule has 1 saturated heterocycles. The zero-order chi connectivity index (χ0) is 22.1. The molecule has 7 nitrogen and oxygen atoms in total. The van der Waals surface area contributed by atoms with Gasteiger partial charge in [-0.1, -0.05) is 30.3 Å². The molecule has 7 heteroatoms. The van der Waals surface area contributed by atoms with Crippen molar-refractivity contribution >= 4 is 11.9 Å². The van der Waals surface area contributed by atoms with E-state index >= 15 is 0 Å². The number of allylic oxidation sites excluding steroid dienone is 2. The number of hydrogen-bond donors (Lipinski definition) is 1. The molecule has 0 saturated carbocycles. The van der Waals surface area contributed by atoms with Gasteiger partial charge in [0.15, 0.2) is 5.72 Å². The Bertz CT molecular complexity index is 882. The van der Waals surface area contributed by atoms with Crippen molar-refractivity contribution in [3.63, 3.8) is 0 Å². The molecule has 0 aliphatic carbocycles. The molecule has 162 valence electrons. The van der Waals surface area contributed by atoms with E-state index in [-0.39, 0.29) is 5.57 Å². The lowest BCUT2D eigenvalue weighted by atomic mass is 9.80. The van der Waals surface area contributed by atoms with Gasteiger partial charge in [0, 0.05) is 31.5 Å². The van der Waals surface area contributed by atoms with Gasteiger partial charge in [-0.2, -0.15) is 0 Å². The molecule has 2 aliphatic rings. The fourth-order valence-corrected chi connectivity index (χ4v) is 4.15. The smallest absolute Gasteiger partial charge is 0.338 e. The zero-order valence-electron chi connectivity index (χ0n) is 18.3. The Labute approximate surface area is 177 Å². The maximum Gasteiger partial charge on any atom is 0.338 e. The molecule has 1 atom stereocenters. The molecule has 0 radical (unpaired) electrons. The maximum atomic E-state index is 13.5. The van der Waals surface area contributed by atoms with Gasteiger partial charge in [-0.15, -0.1) is 0 Å². The summed E-state index contributed by atoms with van der Waals surface area (Å²) in [5, 5.41) is 10.00. The molecular weight excluding hydrogens is 384 g/mol. The van der Waals surface area contributed by atoms with Crippen LogP contribution in [0.1, 0.15) is 39.2 Å². The minimum absolute atomic E-state index is 0.186. The number of ether oxygens (including phenoxy) is 2. The van der Waals surface area contributed by atoms with Gasteiger partial charge in [0.2, 0.25) is 0 Å². The van der Waals surface area contributed by atoms with E-state index in [2.05, 4.69) is 4.90 Å². The summed E-state index contributed by atoms with van der Waals surface area (Å²) < 4.78 is 11.4. The summed E-state index contributed by atoms with van der Waals surface area (Å²) in [6, 6.07) is 9.25. The molecular formula is C23H30N2O5. The minimum atomic E-state index is -1.04. The normalized spacial score (nSPS) is 21.1. The Balaban J connectivity index is 2.03. The van der Waals surface area contributed by atoms with Crippen LogP contribution in [0.2, 0.25) is 0 Å². The van der Waals surface area contributed by atoms with Crippen LogP contribution >= 0.6 is 0 Å². The quantitative estimate of drug-likeness (QED) is 0.742. The average Bonchev–Trinajstić information content (AvgIpc) is 2.72. The van der Waals surface area contributed by atoms with E-state index in [9.17, 15) is 14.7 Å². The van der Waals surface area contributed by atoms with E-state index < -0.39 is 23.6 Å². The summed E-state index contributed by atoms with van der Waals surface area (Å²) in [5.41, 5.74) is 1.75. The number of carbonyl (C=O) groups excluding carboxylic acids is 1. The van der Waals surface area contributed by atoms with Crippen molar-refractivity contribution < 1.29 is 24.2 Å². The summed E-state index contributed by atoms with van der Waals surface area (Å²) in [6.45, 7) is 9.82.